The van der Waals surface area contributed by atoms with Gasteiger partial charge in [0.1, 0.15) is 29.8 Å². The lowest BCUT2D eigenvalue weighted by atomic mass is 10.1. The van der Waals surface area contributed by atoms with Crippen molar-refractivity contribution in [3.05, 3.63) is 22.9 Å². The van der Waals surface area contributed by atoms with Crippen molar-refractivity contribution in [2.45, 2.75) is 44.4 Å². The number of aliphatic hydroxyl groups is 3. The summed E-state index contributed by atoms with van der Waals surface area (Å²) in [6, 6.07) is 0.0850. The van der Waals surface area contributed by atoms with Crippen LogP contribution in [0, 0.1) is 0 Å². The summed E-state index contributed by atoms with van der Waals surface area (Å²) in [6.07, 6.45) is -1.94. The summed E-state index contributed by atoms with van der Waals surface area (Å²) in [7, 11) is 0. The van der Waals surface area contributed by atoms with Crippen molar-refractivity contribution in [1.82, 2.24) is 24.5 Å². The van der Waals surface area contributed by atoms with Gasteiger partial charge in [-0.05, 0) is 13.8 Å². The summed E-state index contributed by atoms with van der Waals surface area (Å²) in [5.41, 5.74) is 5.81. The normalized spacial score (nSPS) is 26.5. The zero-order valence-electron chi connectivity index (χ0n) is 13.7. The number of ether oxygens (including phenoxy) is 1. The molecule has 0 amide bonds. The summed E-state index contributed by atoms with van der Waals surface area (Å²) in [6.45, 7) is 3.36. The van der Waals surface area contributed by atoms with Gasteiger partial charge in [0.25, 0.3) is 0 Å². The number of anilines is 1. The molecule has 3 rings (SSSR count). The molecule has 136 valence electrons. The van der Waals surface area contributed by atoms with Gasteiger partial charge in [-0.25, -0.2) is 9.48 Å². The van der Waals surface area contributed by atoms with Gasteiger partial charge in [0, 0.05) is 12.2 Å². The Morgan fingerprint density at radius 1 is 1.32 bits per heavy atom. The van der Waals surface area contributed by atoms with Crippen molar-refractivity contribution >= 4 is 5.82 Å². The third-order valence-electron chi connectivity index (χ3n) is 4.09. The van der Waals surface area contributed by atoms with Gasteiger partial charge in [-0.2, -0.15) is 4.98 Å². The Bertz CT molecular complexity index is 818. The smallest absolute Gasteiger partial charge is 0.351 e. The molecule has 2 aromatic heterocycles. The first-order valence-corrected chi connectivity index (χ1v) is 7.76. The molecule has 0 aromatic carbocycles. The van der Waals surface area contributed by atoms with Crippen LogP contribution in [0.4, 0.5) is 5.82 Å². The highest BCUT2D eigenvalue weighted by molar-refractivity contribution is 5.68. The van der Waals surface area contributed by atoms with Gasteiger partial charge in [-0.15, -0.1) is 5.10 Å². The average molecular weight is 352 g/mol. The molecule has 0 radical (unpaired) electrons. The molecule has 0 aliphatic carbocycles. The zero-order valence-corrected chi connectivity index (χ0v) is 13.7. The van der Waals surface area contributed by atoms with Gasteiger partial charge < -0.3 is 25.8 Å². The maximum atomic E-state index is 12.2. The van der Waals surface area contributed by atoms with E-state index in [1.54, 1.807) is 10.9 Å². The second-order valence-corrected chi connectivity index (χ2v) is 6.14. The van der Waals surface area contributed by atoms with Crippen LogP contribution in [0.2, 0.25) is 0 Å². The van der Waals surface area contributed by atoms with Gasteiger partial charge in [0.05, 0.1) is 18.4 Å². The topological polar surface area (TPSA) is 162 Å². The monoisotopic (exact) mass is 352 g/mol. The molecule has 0 spiro atoms. The molecule has 3 heterocycles. The third-order valence-corrected chi connectivity index (χ3v) is 4.09. The largest absolute Gasteiger partial charge is 0.394 e. The number of aliphatic hydroxyl groups excluding tert-OH is 3. The van der Waals surface area contributed by atoms with Gasteiger partial charge >= 0.3 is 5.69 Å². The average Bonchev–Trinajstić information content (AvgIpc) is 3.15. The molecule has 11 heteroatoms. The Labute approximate surface area is 142 Å². The van der Waals surface area contributed by atoms with Crippen LogP contribution in [0.5, 0.6) is 0 Å². The zero-order chi connectivity index (χ0) is 18.3. The van der Waals surface area contributed by atoms with E-state index in [2.05, 4.69) is 15.3 Å². The van der Waals surface area contributed by atoms with Crippen molar-refractivity contribution in [3.63, 3.8) is 0 Å². The molecule has 5 N–H and O–H groups in total. The molecule has 11 nitrogen and oxygen atoms in total. The van der Waals surface area contributed by atoms with Gasteiger partial charge in [0.2, 0.25) is 0 Å². The Morgan fingerprint density at radius 2 is 2.04 bits per heavy atom. The first-order chi connectivity index (χ1) is 11.8. The maximum absolute atomic E-state index is 12.2. The highest BCUT2D eigenvalue weighted by atomic mass is 16.6. The number of nitrogens with zero attached hydrogens (tertiary/aromatic N) is 5. The second-order valence-electron chi connectivity index (χ2n) is 6.14. The lowest BCUT2D eigenvalue weighted by Crippen LogP contribution is -2.36. The molecule has 1 aliphatic heterocycles. The highest BCUT2D eigenvalue weighted by Gasteiger charge is 2.44. The second kappa shape index (κ2) is 6.52. The van der Waals surface area contributed by atoms with E-state index in [-0.39, 0.29) is 11.9 Å². The van der Waals surface area contributed by atoms with Crippen LogP contribution in [0.1, 0.15) is 26.1 Å². The molecule has 4 atom stereocenters. The fourth-order valence-corrected chi connectivity index (χ4v) is 2.62. The summed E-state index contributed by atoms with van der Waals surface area (Å²) in [5, 5.41) is 37.1. The Hall–Kier alpha value is -2.34. The van der Waals surface area contributed by atoms with Crippen LogP contribution in [0.25, 0.3) is 11.3 Å². The number of hydrogen-bond acceptors (Lipinski definition) is 9. The summed E-state index contributed by atoms with van der Waals surface area (Å²) in [4.78, 5) is 15.9. The number of aromatic nitrogens is 5. The summed E-state index contributed by atoms with van der Waals surface area (Å²) >= 11 is 0. The SMILES string of the molecule is CC(C)n1cc(-c2cn(C3OC(CO)C(O)C3O)c(=O)nc2N)nn1. The van der Waals surface area contributed by atoms with Crippen molar-refractivity contribution in [3.8, 4) is 11.3 Å². The molecule has 0 bridgehead atoms. The van der Waals surface area contributed by atoms with E-state index in [0.29, 0.717) is 11.3 Å². The van der Waals surface area contributed by atoms with E-state index in [4.69, 9.17) is 10.5 Å². The molecule has 1 fully saturated rings. The van der Waals surface area contributed by atoms with Crippen LogP contribution in [0.15, 0.2) is 17.2 Å². The minimum atomic E-state index is -1.40. The van der Waals surface area contributed by atoms with Crippen LogP contribution >= 0.6 is 0 Å². The van der Waals surface area contributed by atoms with Crippen molar-refractivity contribution in [1.29, 1.82) is 0 Å². The van der Waals surface area contributed by atoms with Crippen molar-refractivity contribution in [2.75, 3.05) is 12.3 Å². The first kappa shape index (κ1) is 17.5. The Kier molecular flexibility index (Phi) is 4.56. The number of rotatable bonds is 4. The van der Waals surface area contributed by atoms with Gasteiger partial charge in [-0.1, -0.05) is 5.21 Å². The fourth-order valence-electron chi connectivity index (χ4n) is 2.62. The van der Waals surface area contributed by atoms with Gasteiger partial charge in [-0.3, -0.25) is 4.57 Å². The van der Waals surface area contributed by atoms with E-state index in [1.807, 2.05) is 13.8 Å². The third kappa shape index (κ3) is 3.02. The minimum Gasteiger partial charge on any atom is -0.394 e. The molecule has 0 saturated carbocycles. The Balaban J connectivity index is 2.03. The highest BCUT2D eigenvalue weighted by Crippen LogP contribution is 2.30. The number of nitrogen functional groups attached to an aromatic ring is 1. The molecule has 1 aliphatic rings. The van der Waals surface area contributed by atoms with E-state index in [9.17, 15) is 20.1 Å². The molecule has 2 aromatic rings. The molecule has 25 heavy (non-hydrogen) atoms. The van der Waals surface area contributed by atoms with Crippen LogP contribution < -0.4 is 11.4 Å². The van der Waals surface area contributed by atoms with Crippen molar-refractivity contribution in [2.24, 2.45) is 0 Å². The van der Waals surface area contributed by atoms with Crippen LogP contribution in [-0.4, -0.2) is 64.8 Å². The molecule has 4 unspecified atom stereocenters. The maximum Gasteiger partial charge on any atom is 0.351 e. The fraction of sp³-hybridized carbons (Fsp3) is 0.571. The standard InChI is InChI=1S/C14H20N6O5/c1-6(2)20-4-8(17-18-20)7-3-19(14(24)16-12(7)15)13-11(23)10(22)9(5-21)25-13/h3-4,6,9-11,13,21-23H,5H2,1-2H3,(H2,15,16,24). The number of nitrogens with two attached hydrogens (primary N) is 1. The molecule has 1 saturated heterocycles. The lowest BCUT2D eigenvalue weighted by Gasteiger charge is -2.18. The van der Waals surface area contributed by atoms with Crippen LogP contribution in [-0.2, 0) is 4.74 Å². The number of hydrogen-bond donors (Lipinski definition) is 4. The predicted molar refractivity (Wildman–Crippen MR) is 85.3 cm³/mol. The first-order valence-electron chi connectivity index (χ1n) is 7.76. The van der Waals surface area contributed by atoms with E-state index >= 15 is 0 Å². The predicted octanol–water partition coefficient (Wildman–Crippen LogP) is -1.72. The summed E-state index contributed by atoms with van der Waals surface area (Å²) < 4.78 is 8.01. The minimum absolute atomic E-state index is 0.0381. The van der Waals surface area contributed by atoms with E-state index in [1.165, 1.54) is 6.20 Å². The van der Waals surface area contributed by atoms with E-state index < -0.39 is 36.8 Å². The Morgan fingerprint density at radius 3 is 2.60 bits per heavy atom. The van der Waals surface area contributed by atoms with Crippen molar-refractivity contribution < 1.29 is 20.1 Å². The van der Waals surface area contributed by atoms with Crippen LogP contribution in [0.3, 0.4) is 0 Å². The molecular weight excluding hydrogens is 332 g/mol. The van der Waals surface area contributed by atoms with E-state index in [0.717, 1.165) is 4.57 Å². The summed E-state index contributed by atoms with van der Waals surface area (Å²) in [5.74, 6) is -0.0381. The lowest BCUT2D eigenvalue weighted by molar-refractivity contribution is -0.0548. The molecular formula is C14H20N6O5. The van der Waals surface area contributed by atoms with Gasteiger partial charge in [0.15, 0.2) is 6.23 Å². The quantitative estimate of drug-likeness (QED) is 0.501.